The number of carbonyl (C=O) groups excluding carboxylic acids is 2. The largest absolute Gasteiger partial charge is 0.466 e. The second-order valence-electron chi connectivity index (χ2n) is 19.4. The molecule has 0 aliphatic rings. The van der Waals surface area contributed by atoms with Crippen LogP contribution in [0, 0.1) is 17.8 Å². The Balaban J connectivity index is 4.41. The van der Waals surface area contributed by atoms with Crippen LogP contribution in [0.4, 0.5) is 0 Å². The van der Waals surface area contributed by atoms with E-state index >= 15 is 0 Å². The average Bonchev–Trinajstić information content (AvgIpc) is 3.26. The molecule has 0 radical (unpaired) electrons. The number of aliphatic hydroxyl groups excluding tert-OH is 2. The molecule has 62 heavy (non-hydrogen) atoms. The zero-order valence-corrected chi connectivity index (χ0v) is 42.2. The van der Waals surface area contributed by atoms with Gasteiger partial charge in [-0.25, -0.2) is 0 Å². The van der Waals surface area contributed by atoms with Gasteiger partial charge in [0.2, 0.25) is 0 Å². The smallest absolute Gasteiger partial charge is 0.305 e. The lowest BCUT2D eigenvalue weighted by Gasteiger charge is -2.27. The molecule has 2 N–H and O–H groups in total. The Morgan fingerprint density at radius 1 is 0.371 bits per heavy atom. The molecule has 0 bridgehead atoms. The summed E-state index contributed by atoms with van der Waals surface area (Å²) in [6.07, 6.45) is 45.7. The second kappa shape index (κ2) is 49.3. The lowest BCUT2D eigenvalue weighted by Crippen LogP contribution is -2.32. The maximum Gasteiger partial charge on any atom is 0.305 e. The molecule has 0 rings (SSSR count). The standard InChI is InChI=1S/C55H109NO6/c1-5-9-13-15-22-36-51(34-20-11-7-3)38-24-26-41-54(59)61-48-32-18-17-29-44-56(45-30-19-31-46-57)50-53(43-47-58)40-28-33-49-62-55(60)42-27-25-39-52(35-21-12-8-4)37-23-16-14-10-6-2/h51-53,57-58H,5-50H2,1-4H3. The van der Waals surface area contributed by atoms with Gasteiger partial charge < -0.3 is 24.6 Å². The summed E-state index contributed by atoms with van der Waals surface area (Å²) < 4.78 is 11.3. The summed E-state index contributed by atoms with van der Waals surface area (Å²) in [5.41, 5.74) is 0. The van der Waals surface area contributed by atoms with E-state index in [0.29, 0.717) is 32.0 Å². The Labute approximate surface area is 386 Å². The predicted octanol–water partition coefficient (Wildman–Crippen LogP) is 15.5. The topological polar surface area (TPSA) is 96.3 Å². The molecular weight excluding hydrogens is 771 g/mol. The van der Waals surface area contributed by atoms with Gasteiger partial charge in [0.15, 0.2) is 0 Å². The van der Waals surface area contributed by atoms with Crippen LogP contribution < -0.4 is 0 Å². The first-order chi connectivity index (χ1) is 30.4. The first-order valence-electron chi connectivity index (χ1n) is 27.7. The molecule has 0 aromatic rings. The van der Waals surface area contributed by atoms with E-state index in [1.165, 1.54) is 141 Å². The SMILES string of the molecule is CCCCCCCC(CCCCC)CCCCC(=O)OCCCCCCN(CCCCCO)CC(CCO)CCCCOC(=O)CCCCC(CCCCC)CCCCCCC. The minimum absolute atomic E-state index is 0.0235. The number of rotatable bonds is 51. The number of carbonyl (C=O) groups is 2. The van der Waals surface area contributed by atoms with E-state index in [1.54, 1.807) is 0 Å². The summed E-state index contributed by atoms with van der Waals surface area (Å²) in [6, 6.07) is 0. The van der Waals surface area contributed by atoms with Crippen molar-refractivity contribution in [2.45, 2.75) is 278 Å². The van der Waals surface area contributed by atoms with Crippen LogP contribution in [-0.2, 0) is 19.1 Å². The van der Waals surface area contributed by atoms with E-state index in [1.807, 2.05) is 0 Å². The van der Waals surface area contributed by atoms with Crippen molar-refractivity contribution in [2.24, 2.45) is 17.8 Å². The van der Waals surface area contributed by atoms with E-state index in [2.05, 4.69) is 32.6 Å². The van der Waals surface area contributed by atoms with Gasteiger partial charge in [0.25, 0.3) is 0 Å². The quantitative estimate of drug-likeness (QED) is 0.0464. The highest BCUT2D eigenvalue weighted by molar-refractivity contribution is 5.69. The predicted molar refractivity (Wildman–Crippen MR) is 266 cm³/mol. The third-order valence-corrected chi connectivity index (χ3v) is 13.4. The molecule has 3 atom stereocenters. The summed E-state index contributed by atoms with van der Waals surface area (Å²) in [7, 11) is 0. The minimum atomic E-state index is -0.0401. The van der Waals surface area contributed by atoms with Gasteiger partial charge in [0.05, 0.1) is 13.2 Å². The number of nitrogens with zero attached hydrogens (tertiary/aromatic N) is 1. The summed E-state index contributed by atoms with van der Waals surface area (Å²) in [4.78, 5) is 27.5. The Kier molecular flexibility index (Phi) is 48.3. The van der Waals surface area contributed by atoms with E-state index in [4.69, 9.17) is 9.47 Å². The molecule has 0 aromatic heterocycles. The van der Waals surface area contributed by atoms with Crippen molar-refractivity contribution in [3.05, 3.63) is 0 Å². The highest BCUT2D eigenvalue weighted by Crippen LogP contribution is 2.26. The monoisotopic (exact) mass is 880 g/mol. The Morgan fingerprint density at radius 2 is 0.710 bits per heavy atom. The van der Waals surface area contributed by atoms with Crippen molar-refractivity contribution in [1.29, 1.82) is 0 Å². The van der Waals surface area contributed by atoms with E-state index in [0.717, 1.165) is 128 Å². The minimum Gasteiger partial charge on any atom is -0.466 e. The van der Waals surface area contributed by atoms with Gasteiger partial charge in [-0.15, -0.1) is 0 Å². The lowest BCUT2D eigenvalue weighted by atomic mass is 9.90. The number of hydrogen-bond donors (Lipinski definition) is 2. The van der Waals surface area contributed by atoms with Crippen LogP contribution in [0.15, 0.2) is 0 Å². The Hall–Kier alpha value is -1.18. The van der Waals surface area contributed by atoms with Crippen LogP contribution in [0.25, 0.3) is 0 Å². The molecule has 0 heterocycles. The van der Waals surface area contributed by atoms with Crippen LogP contribution in [0.1, 0.15) is 278 Å². The first-order valence-corrected chi connectivity index (χ1v) is 27.7. The van der Waals surface area contributed by atoms with Gasteiger partial charge in [-0.2, -0.15) is 0 Å². The van der Waals surface area contributed by atoms with Crippen molar-refractivity contribution in [3.8, 4) is 0 Å². The van der Waals surface area contributed by atoms with E-state index in [9.17, 15) is 19.8 Å². The van der Waals surface area contributed by atoms with Gasteiger partial charge in [-0.05, 0) is 101 Å². The number of aliphatic hydroxyl groups is 2. The van der Waals surface area contributed by atoms with Crippen molar-refractivity contribution in [3.63, 3.8) is 0 Å². The molecule has 370 valence electrons. The third-order valence-electron chi connectivity index (χ3n) is 13.4. The van der Waals surface area contributed by atoms with Crippen LogP contribution in [0.2, 0.25) is 0 Å². The second-order valence-corrected chi connectivity index (χ2v) is 19.4. The Bertz CT molecular complexity index is 916. The van der Waals surface area contributed by atoms with Crippen molar-refractivity contribution in [2.75, 3.05) is 46.1 Å². The molecule has 0 fully saturated rings. The van der Waals surface area contributed by atoms with Gasteiger partial charge >= 0.3 is 11.9 Å². The molecular formula is C55H109NO6. The van der Waals surface area contributed by atoms with E-state index in [-0.39, 0.29) is 25.2 Å². The van der Waals surface area contributed by atoms with Gasteiger partial charge in [0.1, 0.15) is 0 Å². The molecule has 7 nitrogen and oxygen atoms in total. The maximum atomic E-state index is 12.5. The summed E-state index contributed by atoms with van der Waals surface area (Å²) in [5.74, 6) is 2.01. The highest BCUT2D eigenvalue weighted by atomic mass is 16.5. The average molecular weight is 880 g/mol. The van der Waals surface area contributed by atoms with Crippen molar-refractivity contribution < 1.29 is 29.3 Å². The van der Waals surface area contributed by atoms with Crippen LogP contribution >= 0.6 is 0 Å². The molecule has 0 aliphatic heterocycles. The summed E-state index contributed by atoms with van der Waals surface area (Å²) >= 11 is 0. The fraction of sp³-hybridized carbons (Fsp3) is 0.964. The number of esters is 2. The zero-order chi connectivity index (χ0) is 45.4. The highest BCUT2D eigenvalue weighted by Gasteiger charge is 2.16. The van der Waals surface area contributed by atoms with Crippen molar-refractivity contribution >= 4 is 11.9 Å². The van der Waals surface area contributed by atoms with Gasteiger partial charge in [-0.1, -0.05) is 195 Å². The molecule has 0 amide bonds. The van der Waals surface area contributed by atoms with E-state index < -0.39 is 0 Å². The van der Waals surface area contributed by atoms with Crippen LogP contribution in [0.5, 0.6) is 0 Å². The third kappa shape index (κ3) is 42.8. The van der Waals surface area contributed by atoms with Crippen molar-refractivity contribution in [1.82, 2.24) is 4.90 Å². The molecule has 0 spiro atoms. The maximum absolute atomic E-state index is 12.5. The van der Waals surface area contributed by atoms with Gasteiger partial charge in [0, 0.05) is 32.6 Å². The Morgan fingerprint density at radius 3 is 1.16 bits per heavy atom. The molecule has 3 unspecified atom stereocenters. The normalized spacial score (nSPS) is 13.1. The fourth-order valence-corrected chi connectivity index (χ4v) is 9.35. The van der Waals surface area contributed by atoms with Gasteiger partial charge in [-0.3, -0.25) is 9.59 Å². The molecule has 0 saturated heterocycles. The lowest BCUT2D eigenvalue weighted by molar-refractivity contribution is -0.144. The molecule has 0 aromatic carbocycles. The summed E-state index contributed by atoms with van der Waals surface area (Å²) in [5, 5.41) is 19.2. The molecule has 7 heteroatoms. The van der Waals surface area contributed by atoms with Crippen LogP contribution in [0.3, 0.4) is 0 Å². The first kappa shape index (κ1) is 60.8. The molecule has 0 saturated carbocycles. The molecule has 0 aliphatic carbocycles. The summed E-state index contributed by atoms with van der Waals surface area (Å²) in [6.45, 7) is 13.7. The number of hydrogen-bond acceptors (Lipinski definition) is 7. The zero-order valence-electron chi connectivity index (χ0n) is 42.2. The number of unbranched alkanes of at least 4 members (excludes halogenated alkanes) is 20. The number of ether oxygens (including phenoxy) is 2. The van der Waals surface area contributed by atoms with Crippen LogP contribution in [-0.4, -0.2) is 73.1 Å². The fourth-order valence-electron chi connectivity index (χ4n) is 9.35.